The number of likely N-dealkylation sites (N-methyl/N-ethyl adjacent to an activating group) is 2. The zero-order valence-corrected chi connectivity index (χ0v) is 13.5. The van der Waals surface area contributed by atoms with Gasteiger partial charge in [-0.1, -0.05) is 27.5 Å². The Bertz CT molecular complexity index is 384. The summed E-state index contributed by atoms with van der Waals surface area (Å²) in [5.41, 5.74) is 6.98. The molecule has 102 valence electrons. The van der Waals surface area contributed by atoms with Gasteiger partial charge in [0.15, 0.2) is 0 Å². The van der Waals surface area contributed by atoms with Gasteiger partial charge in [-0.05, 0) is 44.9 Å². The second-order valence-corrected chi connectivity index (χ2v) is 6.02. The maximum absolute atomic E-state index is 6.26. The van der Waals surface area contributed by atoms with E-state index in [9.17, 15) is 0 Å². The summed E-state index contributed by atoms with van der Waals surface area (Å²) in [6.45, 7) is 2.51. The molecule has 0 aliphatic heterocycles. The maximum Gasteiger partial charge on any atom is 0.0483 e. The van der Waals surface area contributed by atoms with Gasteiger partial charge in [-0.2, -0.15) is 0 Å². The highest BCUT2D eigenvalue weighted by molar-refractivity contribution is 9.10. The molecular weight excluding hydrogens is 314 g/mol. The molecular formula is C13H21BrClN3. The minimum atomic E-state index is 0.148. The van der Waals surface area contributed by atoms with Crippen molar-refractivity contribution in [2.75, 3.05) is 40.8 Å². The third-order valence-corrected chi connectivity index (χ3v) is 3.81. The molecule has 0 amide bonds. The van der Waals surface area contributed by atoms with Crippen molar-refractivity contribution in [2.24, 2.45) is 5.73 Å². The van der Waals surface area contributed by atoms with Crippen LogP contribution < -0.4 is 5.73 Å². The van der Waals surface area contributed by atoms with Gasteiger partial charge in [-0.25, -0.2) is 0 Å². The third-order valence-electron chi connectivity index (χ3n) is 2.97. The fourth-order valence-corrected chi connectivity index (χ4v) is 2.45. The number of nitrogens with two attached hydrogens (primary N) is 1. The van der Waals surface area contributed by atoms with E-state index in [1.54, 1.807) is 0 Å². The molecule has 1 aromatic carbocycles. The van der Waals surface area contributed by atoms with E-state index in [4.69, 9.17) is 17.3 Å². The lowest BCUT2D eigenvalue weighted by molar-refractivity contribution is 0.223. The molecule has 0 saturated heterocycles. The van der Waals surface area contributed by atoms with Gasteiger partial charge in [0.1, 0.15) is 0 Å². The Morgan fingerprint density at radius 1 is 1.28 bits per heavy atom. The van der Waals surface area contributed by atoms with Gasteiger partial charge in [-0.3, -0.25) is 4.90 Å². The second kappa shape index (κ2) is 7.46. The molecule has 0 bridgehead atoms. The third kappa shape index (κ3) is 4.52. The van der Waals surface area contributed by atoms with Crippen LogP contribution in [0.25, 0.3) is 0 Å². The zero-order chi connectivity index (χ0) is 13.7. The molecule has 0 spiro atoms. The predicted octanol–water partition coefficient (Wildman–Crippen LogP) is 2.60. The van der Waals surface area contributed by atoms with Crippen molar-refractivity contribution in [1.82, 2.24) is 9.80 Å². The minimum absolute atomic E-state index is 0.148. The standard InChI is InChI=1S/C13H21BrClN3/c1-17(2)6-7-18(3)13(9-16)11-8-10(14)4-5-12(11)15/h4-5,8,13H,6-7,9,16H2,1-3H3. The van der Waals surface area contributed by atoms with Crippen LogP contribution in [0.4, 0.5) is 0 Å². The van der Waals surface area contributed by atoms with E-state index in [2.05, 4.69) is 46.9 Å². The van der Waals surface area contributed by atoms with Crippen LogP contribution in [0, 0.1) is 0 Å². The van der Waals surface area contributed by atoms with Crippen LogP contribution in [0.1, 0.15) is 11.6 Å². The topological polar surface area (TPSA) is 32.5 Å². The summed E-state index contributed by atoms with van der Waals surface area (Å²) < 4.78 is 1.03. The summed E-state index contributed by atoms with van der Waals surface area (Å²) in [5, 5.41) is 0.769. The Labute approximate surface area is 123 Å². The van der Waals surface area contributed by atoms with Gasteiger partial charge < -0.3 is 10.6 Å². The van der Waals surface area contributed by atoms with Gasteiger partial charge in [0, 0.05) is 35.2 Å². The summed E-state index contributed by atoms with van der Waals surface area (Å²) in [7, 11) is 6.22. The van der Waals surface area contributed by atoms with Crippen molar-refractivity contribution in [3.8, 4) is 0 Å². The van der Waals surface area contributed by atoms with E-state index in [0.29, 0.717) is 6.54 Å². The van der Waals surface area contributed by atoms with Crippen LogP contribution in [-0.2, 0) is 0 Å². The van der Waals surface area contributed by atoms with Crippen LogP contribution in [0.3, 0.4) is 0 Å². The fraction of sp³-hybridized carbons (Fsp3) is 0.538. The molecule has 1 unspecified atom stereocenters. The number of hydrogen-bond acceptors (Lipinski definition) is 3. The molecule has 0 aromatic heterocycles. The van der Waals surface area contributed by atoms with Gasteiger partial charge in [0.25, 0.3) is 0 Å². The van der Waals surface area contributed by atoms with Crippen LogP contribution in [0.5, 0.6) is 0 Å². The lowest BCUT2D eigenvalue weighted by Gasteiger charge is -2.29. The van der Waals surface area contributed by atoms with Gasteiger partial charge >= 0.3 is 0 Å². The molecule has 0 saturated carbocycles. The Morgan fingerprint density at radius 2 is 1.94 bits per heavy atom. The Balaban J connectivity index is 2.84. The van der Waals surface area contributed by atoms with Crippen molar-refractivity contribution in [3.05, 3.63) is 33.3 Å². The van der Waals surface area contributed by atoms with Gasteiger partial charge in [-0.15, -0.1) is 0 Å². The molecule has 0 heterocycles. The van der Waals surface area contributed by atoms with Crippen LogP contribution >= 0.6 is 27.5 Å². The Hall–Kier alpha value is -0.130. The van der Waals surface area contributed by atoms with Crippen molar-refractivity contribution in [1.29, 1.82) is 0 Å². The van der Waals surface area contributed by atoms with Crippen LogP contribution in [0.2, 0.25) is 5.02 Å². The van der Waals surface area contributed by atoms with Crippen molar-refractivity contribution in [2.45, 2.75) is 6.04 Å². The first kappa shape index (κ1) is 15.9. The van der Waals surface area contributed by atoms with Crippen molar-refractivity contribution in [3.63, 3.8) is 0 Å². The zero-order valence-electron chi connectivity index (χ0n) is 11.2. The molecule has 0 fully saturated rings. The SMILES string of the molecule is CN(C)CCN(C)C(CN)c1cc(Br)ccc1Cl. The van der Waals surface area contributed by atoms with Gasteiger partial charge in [0.2, 0.25) is 0 Å². The van der Waals surface area contributed by atoms with E-state index in [-0.39, 0.29) is 6.04 Å². The van der Waals surface area contributed by atoms with E-state index in [1.165, 1.54) is 0 Å². The largest absolute Gasteiger partial charge is 0.329 e. The molecule has 1 rings (SSSR count). The fourth-order valence-electron chi connectivity index (χ4n) is 1.83. The number of benzene rings is 1. The highest BCUT2D eigenvalue weighted by Crippen LogP contribution is 2.29. The maximum atomic E-state index is 6.26. The average molecular weight is 335 g/mol. The molecule has 1 atom stereocenters. The summed E-state index contributed by atoms with van der Waals surface area (Å²) in [5.74, 6) is 0. The minimum Gasteiger partial charge on any atom is -0.329 e. The van der Waals surface area contributed by atoms with E-state index in [0.717, 1.165) is 28.1 Å². The molecule has 18 heavy (non-hydrogen) atoms. The average Bonchev–Trinajstić information content (AvgIpc) is 2.32. The lowest BCUT2D eigenvalue weighted by Crippen LogP contribution is -2.35. The molecule has 0 aliphatic rings. The molecule has 0 radical (unpaired) electrons. The number of rotatable bonds is 6. The number of nitrogens with zero attached hydrogens (tertiary/aromatic N) is 2. The number of halogens is 2. The number of hydrogen-bond donors (Lipinski definition) is 1. The molecule has 5 heteroatoms. The van der Waals surface area contributed by atoms with Crippen molar-refractivity contribution >= 4 is 27.5 Å². The van der Waals surface area contributed by atoms with Crippen LogP contribution in [0.15, 0.2) is 22.7 Å². The van der Waals surface area contributed by atoms with Crippen LogP contribution in [-0.4, -0.2) is 50.6 Å². The summed E-state index contributed by atoms with van der Waals surface area (Å²) in [6, 6.07) is 6.05. The molecule has 3 nitrogen and oxygen atoms in total. The van der Waals surface area contributed by atoms with E-state index < -0.39 is 0 Å². The molecule has 2 N–H and O–H groups in total. The lowest BCUT2D eigenvalue weighted by atomic mass is 10.1. The highest BCUT2D eigenvalue weighted by atomic mass is 79.9. The normalized spacial score (nSPS) is 13.3. The first-order valence-electron chi connectivity index (χ1n) is 5.95. The highest BCUT2D eigenvalue weighted by Gasteiger charge is 2.18. The van der Waals surface area contributed by atoms with E-state index >= 15 is 0 Å². The van der Waals surface area contributed by atoms with Gasteiger partial charge in [0.05, 0.1) is 0 Å². The molecule has 1 aromatic rings. The summed E-state index contributed by atoms with van der Waals surface area (Å²) in [6.07, 6.45) is 0. The predicted molar refractivity (Wildman–Crippen MR) is 82.1 cm³/mol. The van der Waals surface area contributed by atoms with Crippen molar-refractivity contribution < 1.29 is 0 Å². The van der Waals surface area contributed by atoms with E-state index in [1.807, 2.05) is 18.2 Å². The first-order valence-corrected chi connectivity index (χ1v) is 7.12. The Morgan fingerprint density at radius 3 is 2.50 bits per heavy atom. The summed E-state index contributed by atoms with van der Waals surface area (Å²) in [4.78, 5) is 4.40. The molecule has 0 aliphatic carbocycles. The monoisotopic (exact) mass is 333 g/mol. The second-order valence-electron chi connectivity index (χ2n) is 4.70. The first-order chi connectivity index (χ1) is 8.45. The quantitative estimate of drug-likeness (QED) is 0.868. The smallest absolute Gasteiger partial charge is 0.0483 e. The Kier molecular flexibility index (Phi) is 6.60. The summed E-state index contributed by atoms with van der Waals surface area (Å²) >= 11 is 9.74.